The summed E-state index contributed by atoms with van der Waals surface area (Å²) >= 11 is 0. The number of alkyl halides is 3. The molecule has 0 aliphatic heterocycles. The molecule has 0 amide bonds. The molecule has 23 heavy (non-hydrogen) atoms. The fourth-order valence-corrected chi connectivity index (χ4v) is 2.06. The van der Waals surface area contributed by atoms with Gasteiger partial charge < -0.3 is 9.52 Å². The number of rotatable bonds is 2. The molecule has 1 N–H and O–H groups in total. The van der Waals surface area contributed by atoms with Gasteiger partial charge in [-0.2, -0.15) is 13.2 Å². The quantitative estimate of drug-likeness (QED) is 0.712. The Bertz CT molecular complexity index is 915. The number of aromatic carboxylic acids is 1. The predicted molar refractivity (Wildman–Crippen MR) is 71.4 cm³/mol. The van der Waals surface area contributed by atoms with Crippen molar-refractivity contribution in [1.29, 1.82) is 0 Å². The normalized spacial score (nSPS) is 11.8. The van der Waals surface area contributed by atoms with Crippen molar-refractivity contribution in [2.75, 3.05) is 0 Å². The predicted octanol–water partition coefficient (Wildman–Crippen LogP) is 4.35. The third kappa shape index (κ3) is 2.87. The highest BCUT2D eigenvalue weighted by Gasteiger charge is 2.32. The minimum absolute atomic E-state index is 0.0598. The summed E-state index contributed by atoms with van der Waals surface area (Å²) in [6.45, 7) is 0. The van der Waals surface area contributed by atoms with Crippen LogP contribution in [-0.4, -0.2) is 16.1 Å². The van der Waals surface area contributed by atoms with Gasteiger partial charge in [-0.25, -0.2) is 14.2 Å². The molecular formula is C15H7F4NO3. The van der Waals surface area contributed by atoms with Crippen LogP contribution in [0.5, 0.6) is 0 Å². The summed E-state index contributed by atoms with van der Waals surface area (Å²) in [5.74, 6) is -2.49. The highest BCUT2D eigenvalue weighted by Crippen LogP contribution is 2.33. The summed E-state index contributed by atoms with van der Waals surface area (Å²) < 4.78 is 56.9. The van der Waals surface area contributed by atoms with E-state index in [1.807, 2.05) is 0 Å². The first-order valence-corrected chi connectivity index (χ1v) is 6.26. The number of oxazole rings is 1. The van der Waals surface area contributed by atoms with Gasteiger partial charge in [0, 0.05) is 5.56 Å². The van der Waals surface area contributed by atoms with Crippen LogP contribution in [0.15, 0.2) is 40.8 Å². The summed E-state index contributed by atoms with van der Waals surface area (Å²) in [5.41, 5.74) is -1.08. The Balaban J connectivity index is 2.13. The zero-order valence-electron chi connectivity index (χ0n) is 11.2. The van der Waals surface area contributed by atoms with Gasteiger partial charge in [-0.3, -0.25) is 0 Å². The Labute approximate surface area is 126 Å². The summed E-state index contributed by atoms with van der Waals surface area (Å²) in [4.78, 5) is 14.8. The van der Waals surface area contributed by atoms with Crippen molar-refractivity contribution in [2.45, 2.75) is 6.18 Å². The average molecular weight is 325 g/mol. The number of carboxylic acid groups (broad SMARTS) is 1. The number of aromatic nitrogens is 1. The van der Waals surface area contributed by atoms with E-state index >= 15 is 0 Å². The lowest BCUT2D eigenvalue weighted by Gasteiger charge is -2.07. The highest BCUT2D eigenvalue weighted by atomic mass is 19.4. The van der Waals surface area contributed by atoms with Crippen LogP contribution in [0.3, 0.4) is 0 Å². The molecule has 0 fully saturated rings. The minimum Gasteiger partial charge on any atom is -0.478 e. The third-order valence-corrected chi connectivity index (χ3v) is 3.11. The van der Waals surface area contributed by atoms with E-state index in [-0.39, 0.29) is 28.1 Å². The fourth-order valence-electron chi connectivity index (χ4n) is 2.06. The van der Waals surface area contributed by atoms with Gasteiger partial charge in [0.2, 0.25) is 5.89 Å². The molecule has 0 saturated carbocycles. The zero-order valence-corrected chi connectivity index (χ0v) is 11.2. The smallest absolute Gasteiger partial charge is 0.416 e. The van der Waals surface area contributed by atoms with E-state index < -0.39 is 23.5 Å². The molecule has 0 saturated heterocycles. The van der Waals surface area contributed by atoms with Crippen LogP contribution >= 0.6 is 0 Å². The molecule has 2 aromatic carbocycles. The molecule has 1 aromatic heterocycles. The van der Waals surface area contributed by atoms with Gasteiger partial charge in [0.1, 0.15) is 11.3 Å². The second-order valence-corrected chi connectivity index (χ2v) is 4.73. The number of hydrogen-bond acceptors (Lipinski definition) is 3. The van der Waals surface area contributed by atoms with Crippen LogP contribution in [0.25, 0.3) is 22.6 Å². The van der Waals surface area contributed by atoms with Crippen molar-refractivity contribution in [3.63, 3.8) is 0 Å². The van der Waals surface area contributed by atoms with Gasteiger partial charge in [-0.05, 0) is 36.4 Å². The highest BCUT2D eigenvalue weighted by molar-refractivity contribution is 5.92. The topological polar surface area (TPSA) is 63.3 Å². The van der Waals surface area contributed by atoms with Crippen LogP contribution in [0.1, 0.15) is 15.9 Å². The van der Waals surface area contributed by atoms with E-state index in [0.717, 1.165) is 6.07 Å². The lowest BCUT2D eigenvalue weighted by molar-refractivity contribution is -0.137. The van der Waals surface area contributed by atoms with E-state index in [4.69, 9.17) is 9.52 Å². The summed E-state index contributed by atoms with van der Waals surface area (Å²) in [6, 6.07) is 5.77. The van der Waals surface area contributed by atoms with Crippen LogP contribution in [0.4, 0.5) is 17.6 Å². The molecule has 3 aromatic rings. The molecule has 0 bridgehead atoms. The molecule has 8 heteroatoms. The molecule has 118 valence electrons. The lowest BCUT2D eigenvalue weighted by Crippen LogP contribution is -2.05. The largest absolute Gasteiger partial charge is 0.478 e. The SMILES string of the molecule is O=C(O)c1ccc2nc(-c3cc(F)cc(C(F)(F)F)c3)oc2c1. The monoisotopic (exact) mass is 325 g/mol. The van der Waals surface area contributed by atoms with E-state index in [9.17, 15) is 22.4 Å². The molecule has 0 aliphatic rings. The van der Waals surface area contributed by atoms with E-state index in [0.29, 0.717) is 12.1 Å². The Morgan fingerprint density at radius 1 is 1.13 bits per heavy atom. The fraction of sp³-hybridized carbons (Fsp3) is 0.0667. The first kappa shape index (κ1) is 15.0. The van der Waals surface area contributed by atoms with Crippen molar-refractivity contribution >= 4 is 17.1 Å². The Hall–Kier alpha value is -2.90. The number of hydrogen-bond donors (Lipinski definition) is 1. The number of nitrogens with zero attached hydrogens (tertiary/aromatic N) is 1. The van der Waals surface area contributed by atoms with Crippen molar-refractivity contribution in [3.05, 3.63) is 53.3 Å². The van der Waals surface area contributed by atoms with Gasteiger partial charge in [0.15, 0.2) is 5.58 Å². The zero-order chi connectivity index (χ0) is 16.8. The van der Waals surface area contributed by atoms with E-state index in [1.165, 1.54) is 18.2 Å². The number of fused-ring (bicyclic) bond motifs is 1. The van der Waals surface area contributed by atoms with E-state index in [2.05, 4.69) is 4.98 Å². The molecule has 4 nitrogen and oxygen atoms in total. The second-order valence-electron chi connectivity index (χ2n) is 4.73. The maximum Gasteiger partial charge on any atom is 0.416 e. The van der Waals surface area contributed by atoms with Crippen molar-refractivity contribution in [3.8, 4) is 11.5 Å². The first-order valence-electron chi connectivity index (χ1n) is 6.26. The Morgan fingerprint density at radius 2 is 1.87 bits per heavy atom. The van der Waals surface area contributed by atoms with Gasteiger partial charge in [-0.1, -0.05) is 0 Å². The Morgan fingerprint density at radius 3 is 2.52 bits per heavy atom. The summed E-state index contributed by atoms with van der Waals surface area (Å²) in [6.07, 6.45) is -4.71. The third-order valence-electron chi connectivity index (χ3n) is 3.11. The molecular weight excluding hydrogens is 318 g/mol. The van der Waals surface area contributed by atoms with Crippen molar-refractivity contribution in [1.82, 2.24) is 4.98 Å². The number of benzene rings is 2. The van der Waals surface area contributed by atoms with Gasteiger partial charge in [0.05, 0.1) is 11.1 Å². The summed E-state index contributed by atoms with van der Waals surface area (Å²) in [5, 5.41) is 8.89. The molecule has 1 heterocycles. The van der Waals surface area contributed by atoms with Gasteiger partial charge in [0.25, 0.3) is 0 Å². The minimum atomic E-state index is -4.71. The average Bonchev–Trinajstić information content (AvgIpc) is 2.88. The number of carbonyl (C=O) groups is 1. The molecule has 0 unspecified atom stereocenters. The van der Waals surface area contributed by atoms with Gasteiger partial charge >= 0.3 is 12.1 Å². The maximum absolute atomic E-state index is 13.4. The second kappa shape index (κ2) is 5.08. The van der Waals surface area contributed by atoms with Crippen LogP contribution in [0, 0.1) is 5.82 Å². The summed E-state index contributed by atoms with van der Waals surface area (Å²) in [7, 11) is 0. The molecule has 0 spiro atoms. The van der Waals surface area contributed by atoms with Crippen LogP contribution in [-0.2, 0) is 6.18 Å². The van der Waals surface area contributed by atoms with Crippen molar-refractivity contribution < 1.29 is 31.9 Å². The van der Waals surface area contributed by atoms with Crippen LogP contribution < -0.4 is 0 Å². The first-order chi connectivity index (χ1) is 10.7. The number of carboxylic acids is 1. The van der Waals surface area contributed by atoms with Crippen molar-refractivity contribution in [2.24, 2.45) is 0 Å². The lowest BCUT2D eigenvalue weighted by atomic mass is 10.1. The molecule has 0 radical (unpaired) electrons. The van der Waals surface area contributed by atoms with Gasteiger partial charge in [-0.15, -0.1) is 0 Å². The standard InChI is InChI=1S/C15H7F4NO3/c16-10-4-8(3-9(6-10)15(17,18)19)13-20-11-2-1-7(14(21)22)5-12(11)23-13/h1-6H,(H,21,22). The molecule has 0 atom stereocenters. The Kier molecular flexibility index (Phi) is 3.32. The molecule has 0 aliphatic carbocycles. The number of halogens is 4. The molecule has 3 rings (SSSR count). The van der Waals surface area contributed by atoms with E-state index in [1.54, 1.807) is 0 Å². The van der Waals surface area contributed by atoms with Crippen LogP contribution in [0.2, 0.25) is 0 Å². The maximum atomic E-state index is 13.4.